The molecule has 0 spiro atoms. The van der Waals surface area contributed by atoms with Gasteiger partial charge in [0.05, 0.1) is 0 Å². The predicted octanol–water partition coefficient (Wildman–Crippen LogP) is 3.51. The average Bonchev–Trinajstić information content (AvgIpc) is 2.81. The number of thiophene rings is 1. The molecular weight excluding hydrogens is 348 g/mol. The molecule has 3 atom stereocenters. The maximum absolute atomic E-state index is 5.80. The molecule has 1 aromatic heterocycles. The van der Waals surface area contributed by atoms with E-state index in [9.17, 15) is 0 Å². The largest absolute Gasteiger partial charge is 0.271 e. The standard InChI is InChI=1S/C12H19BrN2S3/c1-2-10-12(18-6-5-17-10)9(15-14)7-11-8(13)3-4-16-11/h3-4,9-10,12,15H,2,5-7,14H2,1H3. The molecule has 0 bridgehead atoms. The molecule has 2 rings (SSSR count). The first kappa shape index (κ1) is 15.2. The monoisotopic (exact) mass is 366 g/mol. The minimum atomic E-state index is 0.364. The highest BCUT2D eigenvalue weighted by molar-refractivity contribution is 9.10. The van der Waals surface area contributed by atoms with Crippen molar-refractivity contribution in [3.05, 3.63) is 20.8 Å². The van der Waals surface area contributed by atoms with Crippen molar-refractivity contribution in [3.63, 3.8) is 0 Å². The van der Waals surface area contributed by atoms with Crippen molar-refractivity contribution in [3.8, 4) is 0 Å². The molecular formula is C12H19BrN2S3. The lowest BCUT2D eigenvalue weighted by Gasteiger charge is -2.35. The van der Waals surface area contributed by atoms with E-state index in [-0.39, 0.29) is 0 Å². The number of hydrazine groups is 1. The Morgan fingerprint density at radius 3 is 2.89 bits per heavy atom. The van der Waals surface area contributed by atoms with Crippen LogP contribution in [-0.4, -0.2) is 28.0 Å². The summed E-state index contributed by atoms with van der Waals surface area (Å²) in [6.45, 7) is 2.28. The Bertz CT molecular complexity index is 372. The van der Waals surface area contributed by atoms with Crippen molar-refractivity contribution in [2.75, 3.05) is 11.5 Å². The van der Waals surface area contributed by atoms with Crippen LogP contribution in [0.25, 0.3) is 0 Å². The predicted molar refractivity (Wildman–Crippen MR) is 89.6 cm³/mol. The molecule has 0 amide bonds. The SMILES string of the molecule is CCC1SCCSC1C(Cc1sccc1Br)NN. The van der Waals surface area contributed by atoms with Crippen LogP contribution < -0.4 is 11.3 Å². The van der Waals surface area contributed by atoms with Crippen LogP contribution in [0.3, 0.4) is 0 Å². The lowest BCUT2D eigenvalue weighted by molar-refractivity contribution is 0.492. The lowest BCUT2D eigenvalue weighted by Crippen LogP contribution is -2.49. The van der Waals surface area contributed by atoms with Gasteiger partial charge in [-0.25, -0.2) is 0 Å². The summed E-state index contributed by atoms with van der Waals surface area (Å²) in [5.41, 5.74) is 3.05. The number of halogens is 1. The van der Waals surface area contributed by atoms with Gasteiger partial charge < -0.3 is 0 Å². The summed E-state index contributed by atoms with van der Waals surface area (Å²) >= 11 is 9.61. The number of thioether (sulfide) groups is 2. The van der Waals surface area contributed by atoms with Crippen molar-refractivity contribution < 1.29 is 0 Å². The van der Waals surface area contributed by atoms with Gasteiger partial charge in [0, 0.05) is 43.8 Å². The first-order chi connectivity index (χ1) is 8.76. The van der Waals surface area contributed by atoms with Crippen LogP contribution in [0.1, 0.15) is 18.2 Å². The van der Waals surface area contributed by atoms with E-state index in [1.54, 1.807) is 0 Å². The normalized spacial score (nSPS) is 26.2. The summed E-state index contributed by atoms with van der Waals surface area (Å²) < 4.78 is 1.22. The summed E-state index contributed by atoms with van der Waals surface area (Å²) in [7, 11) is 0. The molecule has 0 radical (unpaired) electrons. The van der Waals surface area contributed by atoms with E-state index in [1.807, 2.05) is 11.3 Å². The fourth-order valence-electron chi connectivity index (χ4n) is 2.25. The molecule has 6 heteroatoms. The summed E-state index contributed by atoms with van der Waals surface area (Å²) in [6.07, 6.45) is 2.25. The Balaban J connectivity index is 2.05. The molecule has 1 aromatic rings. The van der Waals surface area contributed by atoms with E-state index >= 15 is 0 Å². The van der Waals surface area contributed by atoms with Crippen molar-refractivity contribution in [1.29, 1.82) is 0 Å². The van der Waals surface area contributed by atoms with Gasteiger partial charge in [0.15, 0.2) is 0 Å². The number of nitrogens with one attached hydrogen (secondary N) is 1. The van der Waals surface area contributed by atoms with Crippen molar-refractivity contribution >= 4 is 50.8 Å². The molecule has 1 fully saturated rings. The fourth-order valence-corrected chi connectivity index (χ4v) is 7.07. The molecule has 3 N–H and O–H groups in total. The van der Waals surface area contributed by atoms with E-state index in [0.717, 1.165) is 11.7 Å². The van der Waals surface area contributed by atoms with Crippen LogP contribution >= 0.6 is 50.8 Å². The quantitative estimate of drug-likeness (QED) is 0.617. The third kappa shape index (κ3) is 3.67. The Hall–Kier alpha value is 0.800. The van der Waals surface area contributed by atoms with Gasteiger partial charge in [-0.2, -0.15) is 23.5 Å². The maximum Gasteiger partial charge on any atom is 0.0388 e. The molecule has 1 saturated heterocycles. The second-order valence-electron chi connectivity index (χ2n) is 4.32. The summed E-state index contributed by atoms with van der Waals surface area (Å²) in [5, 5.41) is 3.48. The van der Waals surface area contributed by atoms with E-state index in [4.69, 9.17) is 5.84 Å². The van der Waals surface area contributed by atoms with E-state index in [1.165, 1.54) is 27.3 Å². The Labute approximate surface area is 130 Å². The zero-order chi connectivity index (χ0) is 13.0. The third-order valence-corrected chi connectivity index (χ3v) is 8.56. The van der Waals surface area contributed by atoms with Gasteiger partial charge in [-0.3, -0.25) is 11.3 Å². The van der Waals surface area contributed by atoms with Crippen LogP contribution in [0.2, 0.25) is 0 Å². The van der Waals surface area contributed by atoms with Crippen LogP contribution in [0.5, 0.6) is 0 Å². The van der Waals surface area contributed by atoms with Crippen LogP contribution in [0, 0.1) is 0 Å². The molecule has 3 unspecified atom stereocenters. The first-order valence-electron chi connectivity index (χ1n) is 6.17. The highest BCUT2D eigenvalue weighted by Gasteiger charge is 2.32. The zero-order valence-electron chi connectivity index (χ0n) is 10.4. The molecule has 102 valence electrons. The van der Waals surface area contributed by atoms with E-state index < -0.39 is 0 Å². The smallest absolute Gasteiger partial charge is 0.0388 e. The second kappa shape index (κ2) is 7.55. The minimum absolute atomic E-state index is 0.364. The van der Waals surface area contributed by atoms with Crippen molar-refractivity contribution in [1.82, 2.24) is 5.43 Å². The Kier molecular flexibility index (Phi) is 6.37. The second-order valence-corrected chi connectivity index (χ2v) is 8.81. The summed E-state index contributed by atoms with van der Waals surface area (Å²) in [5.74, 6) is 8.33. The zero-order valence-corrected chi connectivity index (χ0v) is 14.4. The molecule has 0 aliphatic carbocycles. The van der Waals surface area contributed by atoms with E-state index in [0.29, 0.717) is 11.3 Å². The number of rotatable bonds is 5. The molecule has 0 saturated carbocycles. The minimum Gasteiger partial charge on any atom is -0.271 e. The lowest BCUT2D eigenvalue weighted by atomic mass is 10.1. The van der Waals surface area contributed by atoms with Crippen molar-refractivity contribution in [2.45, 2.75) is 36.3 Å². The first-order valence-corrected chi connectivity index (χ1v) is 9.94. The molecule has 2 heterocycles. The molecule has 18 heavy (non-hydrogen) atoms. The fraction of sp³-hybridized carbons (Fsp3) is 0.667. The van der Waals surface area contributed by atoms with Gasteiger partial charge in [0.1, 0.15) is 0 Å². The average molecular weight is 367 g/mol. The van der Waals surface area contributed by atoms with Crippen LogP contribution in [-0.2, 0) is 6.42 Å². The van der Waals surface area contributed by atoms with E-state index in [2.05, 4.69) is 63.2 Å². The van der Waals surface area contributed by atoms with Gasteiger partial charge in [0.2, 0.25) is 0 Å². The molecule has 0 aromatic carbocycles. The van der Waals surface area contributed by atoms with Gasteiger partial charge in [0.25, 0.3) is 0 Å². The molecule has 1 aliphatic rings. The van der Waals surface area contributed by atoms with Gasteiger partial charge in [-0.15, -0.1) is 11.3 Å². The van der Waals surface area contributed by atoms with Crippen molar-refractivity contribution in [2.24, 2.45) is 5.84 Å². The highest BCUT2D eigenvalue weighted by Crippen LogP contribution is 2.36. The summed E-state index contributed by atoms with van der Waals surface area (Å²) in [4.78, 5) is 1.39. The van der Waals surface area contributed by atoms with Gasteiger partial charge in [-0.05, 0) is 33.8 Å². The highest BCUT2D eigenvalue weighted by atomic mass is 79.9. The van der Waals surface area contributed by atoms with Crippen LogP contribution in [0.4, 0.5) is 0 Å². The summed E-state index contributed by atoms with van der Waals surface area (Å²) in [6, 6.07) is 2.48. The number of hydrogen-bond acceptors (Lipinski definition) is 5. The Morgan fingerprint density at radius 1 is 1.50 bits per heavy atom. The molecule has 1 aliphatic heterocycles. The maximum atomic E-state index is 5.80. The number of hydrogen-bond donors (Lipinski definition) is 2. The van der Waals surface area contributed by atoms with Gasteiger partial charge >= 0.3 is 0 Å². The third-order valence-electron chi connectivity index (χ3n) is 3.20. The molecule has 2 nitrogen and oxygen atoms in total. The van der Waals surface area contributed by atoms with Gasteiger partial charge in [-0.1, -0.05) is 6.92 Å². The topological polar surface area (TPSA) is 38.0 Å². The number of nitrogens with two attached hydrogens (primary N) is 1. The van der Waals surface area contributed by atoms with Crippen LogP contribution in [0.15, 0.2) is 15.9 Å². The Morgan fingerprint density at radius 2 is 2.28 bits per heavy atom.